The zero-order valence-electron chi connectivity index (χ0n) is 14.3. The highest BCUT2D eigenvalue weighted by atomic mass is 16.1. The number of hydrogen-bond donors (Lipinski definition) is 1. The number of rotatable bonds is 4. The molecule has 2 heteroatoms. The maximum Gasteiger partial charge on any atom is 0.224 e. The third kappa shape index (κ3) is 3.64. The summed E-state index contributed by atoms with van der Waals surface area (Å²) in [7, 11) is 0. The molecule has 1 aliphatic rings. The number of benzene rings is 2. The first-order valence-electron chi connectivity index (χ1n) is 8.50. The van der Waals surface area contributed by atoms with Crippen LogP contribution in [0.4, 0.5) is 0 Å². The molecule has 0 spiro atoms. The molecule has 2 aromatic carbocycles. The van der Waals surface area contributed by atoms with Crippen molar-refractivity contribution in [3.05, 3.63) is 69.8 Å². The Morgan fingerprint density at radius 2 is 1.83 bits per heavy atom. The van der Waals surface area contributed by atoms with Gasteiger partial charge in [-0.1, -0.05) is 36.4 Å². The molecule has 2 aromatic rings. The summed E-state index contributed by atoms with van der Waals surface area (Å²) < 4.78 is 0. The fourth-order valence-electron chi connectivity index (χ4n) is 3.34. The molecule has 3 rings (SSSR count). The zero-order chi connectivity index (χ0) is 16.4. The fourth-order valence-corrected chi connectivity index (χ4v) is 3.34. The predicted octanol–water partition coefficient (Wildman–Crippen LogP) is 4.21. The summed E-state index contributed by atoms with van der Waals surface area (Å²) in [5.41, 5.74) is 7.72. The third-order valence-corrected chi connectivity index (χ3v) is 4.94. The minimum absolute atomic E-state index is 0.0555. The van der Waals surface area contributed by atoms with Gasteiger partial charge in [-0.05, 0) is 73.4 Å². The molecule has 0 aromatic heterocycles. The number of hydrogen-bond acceptors (Lipinski definition) is 1. The Kier molecular flexibility index (Phi) is 4.51. The van der Waals surface area contributed by atoms with E-state index in [0.717, 1.165) is 5.56 Å². The molecule has 2 nitrogen and oxygen atoms in total. The number of fused-ring (bicyclic) bond motifs is 1. The van der Waals surface area contributed by atoms with Crippen molar-refractivity contribution in [3.8, 4) is 0 Å². The summed E-state index contributed by atoms with van der Waals surface area (Å²) in [5.74, 6) is 0.0845. The van der Waals surface area contributed by atoms with Gasteiger partial charge in [-0.25, -0.2) is 0 Å². The maximum absolute atomic E-state index is 12.3. The van der Waals surface area contributed by atoms with Crippen LogP contribution in [0.5, 0.6) is 0 Å². The molecule has 1 atom stereocenters. The van der Waals surface area contributed by atoms with Gasteiger partial charge in [-0.15, -0.1) is 0 Å². The van der Waals surface area contributed by atoms with Crippen LogP contribution in [0.15, 0.2) is 36.4 Å². The fraction of sp³-hybridized carbons (Fsp3) is 0.381. The van der Waals surface area contributed by atoms with E-state index in [-0.39, 0.29) is 11.9 Å². The Balaban J connectivity index is 1.64. The quantitative estimate of drug-likeness (QED) is 0.900. The molecule has 23 heavy (non-hydrogen) atoms. The normalized spacial score (nSPS) is 14.4. The molecule has 1 N–H and O–H groups in total. The van der Waals surface area contributed by atoms with Crippen LogP contribution in [0, 0.1) is 13.8 Å². The van der Waals surface area contributed by atoms with Crippen LogP contribution in [0.25, 0.3) is 0 Å². The van der Waals surface area contributed by atoms with E-state index in [1.807, 2.05) is 6.07 Å². The van der Waals surface area contributed by atoms with E-state index in [2.05, 4.69) is 56.4 Å². The van der Waals surface area contributed by atoms with Crippen molar-refractivity contribution in [3.63, 3.8) is 0 Å². The van der Waals surface area contributed by atoms with Gasteiger partial charge >= 0.3 is 0 Å². The molecule has 0 fully saturated rings. The Hall–Kier alpha value is -2.09. The van der Waals surface area contributed by atoms with Gasteiger partial charge in [0.1, 0.15) is 0 Å². The number of carbonyl (C=O) groups is 1. The lowest BCUT2D eigenvalue weighted by Gasteiger charge is -2.16. The van der Waals surface area contributed by atoms with Gasteiger partial charge in [-0.2, -0.15) is 0 Å². The van der Waals surface area contributed by atoms with Gasteiger partial charge in [0.05, 0.1) is 12.5 Å². The second kappa shape index (κ2) is 6.57. The Labute approximate surface area is 138 Å². The molecule has 0 bridgehead atoms. The summed E-state index contributed by atoms with van der Waals surface area (Å²) in [6.07, 6.45) is 4.07. The molecule has 120 valence electrons. The SMILES string of the molecule is Cc1ccc(CC(=O)N[C@@H](C)c2ccc3c(c2)CCC3)cc1C. The molecule has 0 saturated heterocycles. The summed E-state index contributed by atoms with van der Waals surface area (Å²) in [4.78, 5) is 12.3. The van der Waals surface area contributed by atoms with Gasteiger partial charge < -0.3 is 5.32 Å². The van der Waals surface area contributed by atoms with E-state index in [1.54, 1.807) is 0 Å². The van der Waals surface area contributed by atoms with E-state index in [0.29, 0.717) is 6.42 Å². The monoisotopic (exact) mass is 307 g/mol. The van der Waals surface area contributed by atoms with Crippen LogP contribution in [0.2, 0.25) is 0 Å². The highest BCUT2D eigenvalue weighted by molar-refractivity contribution is 5.79. The first-order valence-corrected chi connectivity index (χ1v) is 8.50. The van der Waals surface area contributed by atoms with Crippen LogP contribution in [0.1, 0.15) is 52.8 Å². The van der Waals surface area contributed by atoms with Crippen molar-refractivity contribution in [2.24, 2.45) is 0 Å². The van der Waals surface area contributed by atoms with Crippen molar-refractivity contribution in [1.82, 2.24) is 5.32 Å². The van der Waals surface area contributed by atoms with E-state index in [1.165, 1.54) is 47.1 Å². The average molecular weight is 307 g/mol. The van der Waals surface area contributed by atoms with Crippen LogP contribution in [-0.2, 0) is 24.1 Å². The highest BCUT2D eigenvalue weighted by Crippen LogP contribution is 2.25. The Morgan fingerprint density at radius 3 is 2.61 bits per heavy atom. The van der Waals surface area contributed by atoms with Crippen molar-refractivity contribution in [1.29, 1.82) is 0 Å². The summed E-state index contributed by atoms with van der Waals surface area (Å²) >= 11 is 0. The minimum Gasteiger partial charge on any atom is -0.349 e. The molecular weight excluding hydrogens is 282 g/mol. The van der Waals surface area contributed by atoms with Crippen LogP contribution < -0.4 is 5.32 Å². The second-order valence-corrected chi connectivity index (χ2v) is 6.77. The van der Waals surface area contributed by atoms with Crippen LogP contribution in [-0.4, -0.2) is 5.91 Å². The molecule has 0 heterocycles. The molecule has 1 amide bonds. The molecule has 0 unspecified atom stereocenters. The summed E-state index contributed by atoms with van der Waals surface area (Å²) in [6, 6.07) is 12.9. The van der Waals surface area contributed by atoms with Gasteiger partial charge in [0.25, 0.3) is 0 Å². The van der Waals surface area contributed by atoms with Crippen molar-refractivity contribution < 1.29 is 4.79 Å². The van der Waals surface area contributed by atoms with Gasteiger partial charge in [0, 0.05) is 0 Å². The molecule has 0 radical (unpaired) electrons. The lowest BCUT2D eigenvalue weighted by molar-refractivity contribution is -0.121. The number of amides is 1. The van der Waals surface area contributed by atoms with Gasteiger partial charge in [0.15, 0.2) is 0 Å². The molecule has 0 saturated carbocycles. The van der Waals surface area contributed by atoms with E-state index in [4.69, 9.17) is 0 Å². The van der Waals surface area contributed by atoms with Crippen molar-refractivity contribution in [2.75, 3.05) is 0 Å². The van der Waals surface area contributed by atoms with E-state index < -0.39 is 0 Å². The smallest absolute Gasteiger partial charge is 0.224 e. The number of nitrogens with one attached hydrogen (secondary N) is 1. The first-order chi connectivity index (χ1) is 11.0. The topological polar surface area (TPSA) is 29.1 Å². The van der Waals surface area contributed by atoms with Crippen LogP contribution in [0.3, 0.4) is 0 Å². The van der Waals surface area contributed by atoms with Gasteiger partial charge in [-0.3, -0.25) is 4.79 Å². The van der Waals surface area contributed by atoms with E-state index in [9.17, 15) is 4.79 Å². The van der Waals surface area contributed by atoms with Crippen molar-refractivity contribution >= 4 is 5.91 Å². The lowest BCUT2D eigenvalue weighted by atomic mass is 10.0. The van der Waals surface area contributed by atoms with Crippen molar-refractivity contribution in [2.45, 2.75) is 52.5 Å². The third-order valence-electron chi connectivity index (χ3n) is 4.94. The maximum atomic E-state index is 12.3. The van der Waals surface area contributed by atoms with Crippen LogP contribution >= 0.6 is 0 Å². The number of aryl methyl sites for hydroxylation is 4. The first kappa shape index (κ1) is 15.8. The molecular formula is C21H25NO. The summed E-state index contributed by atoms with van der Waals surface area (Å²) in [5, 5.41) is 3.13. The van der Waals surface area contributed by atoms with Gasteiger partial charge in [0.2, 0.25) is 5.91 Å². The Bertz CT molecular complexity index is 733. The molecule has 1 aliphatic carbocycles. The highest BCUT2D eigenvalue weighted by Gasteiger charge is 2.15. The zero-order valence-corrected chi connectivity index (χ0v) is 14.3. The predicted molar refractivity (Wildman–Crippen MR) is 94.6 cm³/mol. The minimum atomic E-state index is 0.0555. The summed E-state index contributed by atoms with van der Waals surface area (Å²) in [6.45, 7) is 6.24. The lowest BCUT2D eigenvalue weighted by Crippen LogP contribution is -2.28. The number of carbonyl (C=O) groups excluding carboxylic acids is 1. The second-order valence-electron chi connectivity index (χ2n) is 6.77. The molecule has 0 aliphatic heterocycles. The standard InChI is InChI=1S/C21H25NO/c1-14-7-8-17(11-15(14)2)12-21(23)22-16(3)19-10-9-18-5-4-6-20(18)13-19/h7-11,13,16H,4-6,12H2,1-3H3,(H,22,23)/t16-/m0/s1. The largest absolute Gasteiger partial charge is 0.349 e. The average Bonchev–Trinajstić information content (AvgIpc) is 2.98. The van der Waals surface area contributed by atoms with E-state index >= 15 is 0 Å². The Morgan fingerprint density at radius 1 is 1.04 bits per heavy atom.